The molecule has 0 amide bonds. The monoisotopic (exact) mass is 474 g/mol. The second-order valence-electron chi connectivity index (χ2n) is 7.54. The Morgan fingerprint density at radius 1 is 1.06 bits per heavy atom. The summed E-state index contributed by atoms with van der Waals surface area (Å²) in [5.41, 5.74) is 3.94. The molecule has 8 heteroatoms. The number of hydrogen-bond acceptors (Lipinski definition) is 6. The van der Waals surface area contributed by atoms with Gasteiger partial charge in [-0.3, -0.25) is 4.79 Å². The number of ketones is 1. The molecule has 0 saturated heterocycles. The quantitative estimate of drug-likeness (QED) is 0.349. The Bertz CT molecular complexity index is 1370. The van der Waals surface area contributed by atoms with Gasteiger partial charge in [0, 0.05) is 16.3 Å². The molecule has 0 spiro atoms. The van der Waals surface area contributed by atoms with E-state index >= 15 is 0 Å². The Labute approximate surface area is 200 Å². The Hall–Kier alpha value is -3.42. The van der Waals surface area contributed by atoms with Crippen LogP contribution >= 0.6 is 23.4 Å². The minimum atomic E-state index is -0.153. The normalized spacial score (nSPS) is 12.7. The number of nitrogens with zero attached hydrogens (tertiary/aromatic N) is 4. The fraction of sp³-hybridized carbons (Fsp3) is 0.120. The molecule has 0 atom stereocenters. The summed E-state index contributed by atoms with van der Waals surface area (Å²) in [6.45, 7) is 2.06. The predicted molar refractivity (Wildman–Crippen MR) is 130 cm³/mol. The maximum atomic E-state index is 13.2. The van der Waals surface area contributed by atoms with Crippen molar-refractivity contribution < 1.29 is 9.53 Å². The highest BCUT2D eigenvalue weighted by Crippen LogP contribution is 2.27. The lowest BCUT2D eigenvalue weighted by molar-refractivity contribution is 0.103. The molecule has 0 aliphatic carbocycles. The summed E-state index contributed by atoms with van der Waals surface area (Å²) >= 11 is 7.66. The van der Waals surface area contributed by atoms with Gasteiger partial charge in [-0.25, -0.2) is 0 Å². The first-order chi connectivity index (χ1) is 16.1. The van der Waals surface area contributed by atoms with E-state index < -0.39 is 0 Å². The van der Waals surface area contributed by atoms with Crippen LogP contribution in [-0.4, -0.2) is 32.1 Å². The third kappa shape index (κ3) is 4.55. The van der Waals surface area contributed by atoms with Crippen LogP contribution in [0.15, 0.2) is 83.1 Å². The smallest absolute Gasteiger partial charge is 0.212 e. The van der Waals surface area contributed by atoms with E-state index in [4.69, 9.17) is 21.4 Å². The van der Waals surface area contributed by atoms with Gasteiger partial charge in [-0.15, -0.1) is 10.2 Å². The second-order valence-corrected chi connectivity index (χ2v) is 8.92. The maximum Gasteiger partial charge on any atom is 0.212 e. The average molecular weight is 475 g/mol. The number of ether oxygens (including phenoxy) is 1. The molecule has 0 fully saturated rings. The molecule has 0 unspecified atom stereocenters. The van der Waals surface area contributed by atoms with Crippen molar-refractivity contribution in [3.63, 3.8) is 0 Å². The van der Waals surface area contributed by atoms with Crippen LogP contribution in [0.25, 0.3) is 0 Å². The largest absolute Gasteiger partial charge is 0.485 e. The summed E-state index contributed by atoms with van der Waals surface area (Å²) in [7, 11) is 0. The fourth-order valence-corrected chi connectivity index (χ4v) is 4.55. The third-order valence-corrected chi connectivity index (χ3v) is 6.33. The van der Waals surface area contributed by atoms with E-state index in [0.717, 1.165) is 22.6 Å². The molecule has 33 heavy (non-hydrogen) atoms. The van der Waals surface area contributed by atoms with Crippen LogP contribution < -0.4 is 4.74 Å². The van der Waals surface area contributed by atoms with Gasteiger partial charge in [0.2, 0.25) is 5.16 Å². The Balaban J connectivity index is 1.41. The number of aromatic nitrogens is 3. The Kier molecular flexibility index (Phi) is 5.98. The second kappa shape index (κ2) is 9.21. The van der Waals surface area contributed by atoms with Crippen LogP contribution in [0.5, 0.6) is 5.75 Å². The van der Waals surface area contributed by atoms with Gasteiger partial charge in [0.15, 0.2) is 11.6 Å². The zero-order chi connectivity index (χ0) is 22.8. The van der Waals surface area contributed by atoms with Gasteiger partial charge >= 0.3 is 0 Å². The van der Waals surface area contributed by atoms with Crippen LogP contribution in [0.3, 0.4) is 0 Å². The molecule has 0 saturated carbocycles. The lowest BCUT2D eigenvalue weighted by Crippen LogP contribution is -2.15. The number of hydrogen-bond donors (Lipinski definition) is 0. The van der Waals surface area contributed by atoms with Crippen molar-refractivity contribution in [3.05, 3.63) is 106 Å². The number of rotatable bonds is 6. The van der Waals surface area contributed by atoms with Crippen LogP contribution in [0, 0.1) is 6.92 Å². The van der Waals surface area contributed by atoms with Crippen LogP contribution in [-0.2, 0) is 6.61 Å². The van der Waals surface area contributed by atoms with E-state index in [-0.39, 0.29) is 12.4 Å². The molecular weight excluding hydrogens is 456 g/mol. The summed E-state index contributed by atoms with van der Waals surface area (Å²) in [6, 6.07) is 22.4. The van der Waals surface area contributed by atoms with Crippen LogP contribution in [0.1, 0.15) is 32.9 Å². The van der Waals surface area contributed by atoms with Crippen molar-refractivity contribution >= 4 is 34.9 Å². The standard InChI is InChI=1S/C25H19ClN4O2S/c1-16-10-11-22(20(12-16)24(31)18-8-5-9-19(26)13-18)32-14-23-27-28-25-30(23)29-21(15-33-25)17-6-3-2-4-7-17/h2-13H,14-15H2,1H3. The van der Waals surface area contributed by atoms with E-state index in [1.54, 1.807) is 46.8 Å². The topological polar surface area (TPSA) is 69.4 Å². The molecule has 0 radical (unpaired) electrons. The van der Waals surface area contributed by atoms with Crippen LogP contribution in [0.2, 0.25) is 5.02 Å². The van der Waals surface area contributed by atoms with Gasteiger partial charge in [-0.05, 0) is 36.8 Å². The van der Waals surface area contributed by atoms with Crippen molar-refractivity contribution in [2.24, 2.45) is 5.10 Å². The zero-order valence-corrected chi connectivity index (χ0v) is 19.3. The molecule has 1 aliphatic heterocycles. The number of halogens is 1. The molecule has 164 valence electrons. The molecule has 6 nitrogen and oxygen atoms in total. The van der Waals surface area contributed by atoms with E-state index in [1.807, 2.05) is 49.4 Å². The van der Waals surface area contributed by atoms with E-state index in [1.165, 1.54) is 0 Å². The van der Waals surface area contributed by atoms with Gasteiger partial charge < -0.3 is 4.74 Å². The minimum absolute atomic E-state index is 0.123. The van der Waals surface area contributed by atoms with E-state index in [9.17, 15) is 4.79 Å². The maximum absolute atomic E-state index is 13.2. The molecular formula is C25H19ClN4O2S. The number of fused-ring (bicyclic) bond motifs is 1. The number of benzene rings is 3. The highest BCUT2D eigenvalue weighted by Gasteiger charge is 2.21. The Morgan fingerprint density at radius 2 is 1.91 bits per heavy atom. The first-order valence-corrected chi connectivity index (χ1v) is 11.7. The number of thioether (sulfide) groups is 1. The van der Waals surface area contributed by atoms with Crippen molar-refractivity contribution in [2.75, 3.05) is 5.75 Å². The van der Waals surface area contributed by atoms with E-state index in [2.05, 4.69) is 10.2 Å². The summed E-state index contributed by atoms with van der Waals surface area (Å²) in [4.78, 5) is 13.2. The molecule has 1 aromatic heterocycles. The first kappa shape index (κ1) is 21.4. The number of carbonyl (C=O) groups is 1. The fourth-order valence-electron chi connectivity index (χ4n) is 3.50. The van der Waals surface area contributed by atoms with Gasteiger partial charge in [0.1, 0.15) is 12.4 Å². The molecule has 1 aliphatic rings. The third-order valence-electron chi connectivity index (χ3n) is 5.17. The zero-order valence-electron chi connectivity index (χ0n) is 17.7. The van der Waals surface area contributed by atoms with E-state index in [0.29, 0.717) is 32.9 Å². The molecule has 5 rings (SSSR count). The molecule has 4 aromatic rings. The number of carbonyl (C=O) groups excluding carboxylic acids is 1. The van der Waals surface area contributed by atoms with Gasteiger partial charge in [-0.1, -0.05) is 77.5 Å². The lowest BCUT2D eigenvalue weighted by Gasteiger charge is -2.15. The van der Waals surface area contributed by atoms with Crippen LogP contribution in [0.4, 0.5) is 0 Å². The lowest BCUT2D eigenvalue weighted by atomic mass is 10.0. The van der Waals surface area contributed by atoms with Crippen molar-refractivity contribution in [3.8, 4) is 5.75 Å². The Morgan fingerprint density at radius 3 is 2.73 bits per heavy atom. The van der Waals surface area contributed by atoms with Crippen molar-refractivity contribution in [1.29, 1.82) is 0 Å². The molecule has 2 heterocycles. The van der Waals surface area contributed by atoms with Gasteiger partial charge in [-0.2, -0.15) is 9.78 Å². The summed E-state index contributed by atoms with van der Waals surface area (Å²) in [5, 5.41) is 14.5. The van der Waals surface area contributed by atoms with Gasteiger partial charge in [0.25, 0.3) is 0 Å². The highest BCUT2D eigenvalue weighted by atomic mass is 35.5. The average Bonchev–Trinajstić information content (AvgIpc) is 3.25. The molecule has 0 bridgehead atoms. The summed E-state index contributed by atoms with van der Waals surface area (Å²) in [6.07, 6.45) is 0. The predicted octanol–water partition coefficient (Wildman–Crippen LogP) is 5.41. The minimum Gasteiger partial charge on any atom is -0.485 e. The highest BCUT2D eigenvalue weighted by molar-refractivity contribution is 7.99. The SMILES string of the molecule is Cc1ccc(OCc2nnc3n2N=C(c2ccccc2)CS3)c(C(=O)c2cccc(Cl)c2)c1. The summed E-state index contributed by atoms with van der Waals surface area (Å²) in [5.74, 6) is 1.60. The van der Waals surface area contributed by atoms with Gasteiger partial charge in [0.05, 0.1) is 11.3 Å². The van der Waals surface area contributed by atoms with Crippen molar-refractivity contribution in [1.82, 2.24) is 14.9 Å². The number of aryl methyl sites for hydroxylation is 1. The molecule has 0 N–H and O–H groups in total. The molecule has 3 aromatic carbocycles. The van der Waals surface area contributed by atoms with Crippen molar-refractivity contribution in [2.45, 2.75) is 18.7 Å². The summed E-state index contributed by atoms with van der Waals surface area (Å²) < 4.78 is 7.77. The first-order valence-electron chi connectivity index (χ1n) is 10.3.